The molecule has 3 nitrogen and oxygen atoms in total. The zero-order chi connectivity index (χ0) is 15.5. The van der Waals surface area contributed by atoms with Crippen molar-refractivity contribution in [2.24, 2.45) is 10.9 Å². The highest BCUT2D eigenvalue weighted by Gasteiger charge is 2.27. The van der Waals surface area contributed by atoms with Crippen molar-refractivity contribution in [3.63, 3.8) is 0 Å². The lowest BCUT2D eigenvalue weighted by Crippen LogP contribution is -2.36. The van der Waals surface area contributed by atoms with Crippen LogP contribution < -0.4 is 0 Å². The Morgan fingerprint density at radius 1 is 1.18 bits per heavy atom. The normalized spacial score (nSPS) is 28.5. The van der Waals surface area contributed by atoms with Gasteiger partial charge in [-0.1, -0.05) is 26.0 Å². The first kappa shape index (κ1) is 15.5. The van der Waals surface area contributed by atoms with Gasteiger partial charge in [-0.15, -0.1) is 0 Å². The minimum atomic E-state index is 0.380. The number of aliphatic hydroxyl groups excluding tert-OH is 1. The number of rotatable bonds is 4. The van der Waals surface area contributed by atoms with E-state index < -0.39 is 0 Å². The Hall–Kier alpha value is -1.35. The summed E-state index contributed by atoms with van der Waals surface area (Å²) in [6, 6.07) is 0.695. The van der Waals surface area contributed by atoms with Gasteiger partial charge >= 0.3 is 0 Å². The van der Waals surface area contributed by atoms with Gasteiger partial charge in [0.25, 0.3) is 0 Å². The number of fused-ring (bicyclic) bond motifs is 1. The fraction of sp³-hybridized carbons (Fsp3) is 0.632. The van der Waals surface area contributed by atoms with E-state index in [9.17, 15) is 5.11 Å². The van der Waals surface area contributed by atoms with E-state index in [-0.39, 0.29) is 0 Å². The third kappa shape index (κ3) is 3.05. The highest BCUT2D eigenvalue weighted by molar-refractivity contribution is 6.01. The summed E-state index contributed by atoms with van der Waals surface area (Å²) in [7, 11) is 0. The van der Waals surface area contributed by atoms with E-state index in [0.29, 0.717) is 17.7 Å². The van der Waals surface area contributed by atoms with E-state index in [1.807, 2.05) is 6.08 Å². The predicted octanol–water partition coefficient (Wildman–Crippen LogP) is 4.39. The molecule has 0 fully saturated rings. The van der Waals surface area contributed by atoms with Crippen LogP contribution in [0.15, 0.2) is 40.2 Å². The van der Waals surface area contributed by atoms with Gasteiger partial charge in [0.15, 0.2) is 0 Å². The fourth-order valence-corrected chi connectivity index (χ4v) is 4.05. The van der Waals surface area contributed by atoms with Crippen LogP contribution in [0.5, 0.6) is 0 Å². The molecule has 2 atom stereocenters. The Balaban J connectivity index is 1.74. The van der Waals surface area contributed by atoms with Gasteiger partial charge in [-0.05, 0) is 63.3 Å². The van der Waals surface area contributed by atoms with Crippen LogP contribution >= 0.6 is 0 Å². The topological polar surface area (TPSA) is 35.8 Å². The van der Waals surface area contributed by atoms with Gasteiger partial charge in [0.2, 0.25) is 0 Å². The van der Waals surface area contributed by atoms with E-state index in [2.05, 4.69) is 30.9 Å². The summed E-state index contributed by atoms with van der Waals surface area (Å²) in [4.78, 5) is 7.39. The maximum atomic E-state index is 10.1. The van der Waals surface area contributed by atoms with E-state index in [0.717, 1.165) is 50.9 Å². The Morgan fingerprint density at radius 3 is 2.68 bits per heavy atom. The second kappa shape index (κ2) is 6.82. The van der Waals surface area contributed by atoms with E-state index in [4.69, 9.17) is 4.99 Å². The monoisotopic (exact) mass is 300 g/mol. The highest BCUT2D eigenvalue weighted by atomic mass is 16.3. The molecule has 0 spiro atoms. The van der Waals surface area contributed by atoms with Crippen molar-refractivity contribution in [2.45, 2.75) is 58.4 Å². The first-order valence-corrected chi connectivity index (χ1v) is 8.83. The molecule has 0 bridgehead atoms. The van der Waals surface area contributed by atoms with Crippen LogP contribution in [0.4, 0.5) is 0 Å². The smallest absolute Gasteiger partial charge is 0.137 e. The van der Waals surface area contributed by atoms with Crippen LogP contribution in [0.25, 0.3) is 0 Å². The van der Waals surface area contributed by atoms with Gasteiger partial charge in [-0.3, -0.25) is 4.99 Å². The molecule has 0 aromatic carbocycles. The lowest BCUT2D eigenvalue weighted by molar-refractivity contribution is 0.203. The molecule has 0 aromatic heterocycles. The number of hydrogen-bond donors (Lipinski definition) is 1. The first-order valence-electron chi connectivity index (χ1n) is 8.83. The molecule has 120 valence electrons. The van der Waals surface area contributed by atoms with Crippen LogP contribution in [0.3, 0.4) is 0 Å². The lowest BCUT2D eigenvalue weighted by Gasteiger charge is -2.33. The summed E-state index contributed by atoms with van der Waals surface area (Å²) < 4.78 is 0. The second-order valence-electron chi connectivity index (χ2n) is 6.58. The van der Waals surface area contributed by atoms with E-state index in [1.165, 1.54) is 17.7 Å². The van der Waals surface area contributed by atoms with Gasteiger partial charge in [0.05, 0.1) is 5.70 Å². The van der Waals surface area contributed by atoms with Crippen molar-refractivity contribution in [2.75, 3.05) is 13.1 Å². The largest absolute Gasteiger partial charge is 0.506 e. The Bertz CT molecular complexity index is 538. The van der Waals surface area contributed by atoms with Crippen LogP contribution in [-0.4, -0.2) is 34.8 Å². The van der Waals surface area contributed by atoms with Crippen molar-refractivity contribution < 1.29 is 5.11 Å². The molecule has 3 rings (SSSR count). The number of allylic oxidation sites excluding steroid dienone is 4. The van der Waals surface area contributed by atoms with Crippen LogP contribution in [0.1, 0.15) is 52.4 Å². The molecule has 0 amide bonds. The lowest BCUT2D eigenvalue weighted by atomic mass is 9.83. The summed E-state index contributed by atoms with van der Waals surface area (Å²) in [5.74, 6) is 0.812. The first-order chi connectivity index (χ1) is 10.7. The van der Waals surface area contributed by atoms with Gasteiger partial charge in [-0.25, -0.2) is 0 Å². The van der Waals surface area contributed by atoms with Crippen molar-refractivity contribution in [1.82, 2.24) is 4.90 Å². The quantitative estimate of drug-likeness (QED) is 0.836. The zero-order valence-corrected chi connectivity index (χ0v) is 13.9. The molecule has 1 N–H and O–H groups in total. The summed E-state index contributed by atoms with van der Waals surface area (Å²) >= 11 is 0. The van der Waals surface area contributed by atoms with Crippen LogP contribution in [-0.2, 0) is 0 Å². The molecule has 3 aliphatic rings. The molecule has 1 heterocycles. The molecule has 0 radical (unpaired) electrons. The van der Waals surface area contributed by atoms with E-state index >= 15 is 0 Å². The average molecular weight is 300 g/mol. The van der Waals surface area contributed by atoms with Crippen LogP contribution in [0.2, 0.25) is 0 Å². The van der Waals surface area contributed by atoms with Crippen molar-refractivity contribution >= 4 is 5.71 Å². The van der Waals surface area contributed by atoms with Gasteiger partial charge in [0.1, 0.15) is 5.76 Å². The molecule has 22 heavy (non-hydrogen) atoms. The molecule has 0 saturated carbocycles. The van der Waals surface area contributed by atoms with Crippen molar-refractivity contribution in [3.05, 3.63) is 35.3 Å². The van der Waals surface area contributed by atoms with Crippen molar-refractivity contribution in [3.8, 4) is 0 Å². The molecule has 0 saturated heterocycles. The van der Waals surface area contributed by atoms with Crippen molar-refractivity contribution in [1.29, 1.82) is 0 Å². The zero-order valence-electron chi connectivity index (χ0n) is 13.9. The number of aliphatic hydroxyl groups is 1. The Morgan fingerprint density at radius 2 is 2.00 bits per heavy atom. The number of aliphatic imine (C=N–C) groups is 1. The minimum absolute atomic E-state index is 0.380. The SMILES string of the molecule is CCN(CC)[C@H]1CC=C(C2=NC3=C(O)C=CC[C@H]3CC2)CC1. The number of nitrogens with zero attached hydrogens (tertiary/aromatic N) is 2. The maximum absolute atomic E-state index is 10.1. The minimum Gasteiger partial charge on any atom is -0.506 e. The predicted molar refractivity (Wildman–Crippen MR) is 92.2 cm³/mol. The Labute approximate surface area is 134 Å². The molecule has 2 aliphatic carbocycles. The second-order valence-corrected chi connectivity index (χ2v) is 6.58. The highest BCUT2D eigenvalue weighted by Crippen LogP contribution is 2.35. The molecule has 1 aliphatic heterocycles. The third-order valence-electron chi connectivity index (χ3n) is 5.41. The summed E-state index contributed by atoms with van der Waals surface area (Å²) in [5, 5.41) is 10.1. The van der Waals surface area contributed by atoms with E-state index in [1.54, 1.807) is 0 Å². The van der Waals surface area contributed by atoms with Gasteiger partial charge in [0, 0.05) is 17.7 Å². The van der Waals surface area contributed by atoms with Gasteiger partial charge in [-0.2, -0.15) is 0 Å². The Kier molecular flexibility index (Phi) is 4.82. The molecule has 3 heteroatoms. The standard InChI is InChI=1S/C19H28N2O/c1-3-21(4-2)16-11-8-14(9-12-16)17-13-10-15-6-5-7-18(22)19(15)20-17/h5,7-8,15-16,22H,3-4,6,9-13H2,1-2H3/t15-,16-/m0/s1. The molecular formula is C19H28N2O. The summed E-state index contributed by atoms with van der Waals surface area (Å²) in [5.41, 5.74) is 3.58. The summed E-state index contributed by atoms with van der Waals surface area (Å²) in [6.45, 7) is 6.78. The van der Waals surface area contributed by atoms with Gasteiger partial charge < -0.3 is 10.0 Å². The third-order valence-corrected chi connectivity index (χ3v) is 5.41. The average Bonchev–Trinajstić information content (AvgIpc) is 2.57. The fourth-order valence-electron chi connectivity index (χ4n) is 4.05. The molecule has 0 aromatic rings. The maximum Gasteiger partial charge on any atom is 0.137 e. The summed E-state index contributed by atoms with van der Waals surface area (Å²) in [6.07, 6.45) is 13.0. The molecule has 0 unspecified atom stereocenters. The number of hydrogen-bond acceptors (Lipinski definition) is 3. The molecular weight excluding hydrogens is 272 g/mol. The van der Waals surface area contributed by atoms with Crippen LogP contribution in [0, 0.1) is 5.92 Å².